The van der Waals surface area contributed by atoms with Gasteiger partial charge in [-0.3, -0.25) is 25.3 Å². The Bertz CT molecular complexity index is 599. The van der Waals surface area contributed by atoms with Crippen LogP contribution in [0.25, 0.3) is 0 Å². The van der Waals surface area contributed by atoms with E-state index in [0.717, 1.165) is 19.3 Å². The van der Waals surface area contributed by atoms with Crippen molar-refractivity contribution in [1.82, 2.24) is 15.8 Å². The van der Waals surface area contributed by atoms with Gasteiger partial charge in [0.05, 0.1) is 5.92 Å². The number of carbonyl (C=O) groups excluding carboxylic acids is 2. The van der Waals surface area contributed by atoms with E-state index in [-0.39, 0.29) is 29.7 Å². The second kappa shape index (κ2) is 6.32. The number of hydrogen-bond acceptors (Lipinski definition) is 3. The molecule has 124 valence electrons. The lowest BCUT2D eigenvalue weighted by Crippen LogP contribution is -2.54. The molecule has 3 rings (SSSR count). The van der Waals surface area contributed by atoms with E-state index in [2.05, 4.69) is 54.0 Å². The third-order valence-electron chi connectivity index (χ3n) is 5.44. The molecule has 2 saturated heterocycles. The highest BCUT2D eigenvalue weighted by Gasteiger charge is 2.49. The van der Waals surface area contributed by atoms with Gasteiger partial charge in [-0.25, -0.2) is 0 Å². The lowest BCUT2D eigenvalue weighted by atomic mass is 9.75. The van der Waals surface area contributed by atoms with E-state index >= 15 is 0 Å². The van der Waals surface area contributed by atoms with Crippen LogP contribution in [0, 0.1) is 12.8 Å². The van der Waals surface area contributed by atoms with Crippen molar-refractivity contribution in [2.24, 2.45) is 5.92 Å². The van der Waals surface area contributed by atoms with E-state index in [0.29, 0.717) is 6.04 Å². The van der Waals surface area contributed by atoms with Crippen molar-refractivity contribution < 1.29 is 9.59 Å². The molecule has 2 N–H and O–H groups in total. The number of hydrazine groups is 1. The Hall–Kier alpha value is -1.88. The van der Waals surface area contributed by atoms with Gasteiger partial charge >= 0.3 is 0 Å². The average molecular weight is 315 g/mol. The summed E-state index contributed by atoms with van der Waals surface area (Å²) in [5, 5.41) is 0. The minimum Gasteiger partial charge on any atom is -0.300 e. The molecule has 0 aromatic heterocycles. The van der Waals surface area contributed by atoms with E-state index in [1.807, 2.05) is 0 Å². The van der Waals surface area contributed by atoms with Gasteiger partial charge in [0.1, 0.15) is 0 Å². The fourth-order valence-electron chi connectivity index (χ4n) is 4.21. The Morgan fingerprint density at radius 2 is 1.83 bits per heavy atom. The summed E-state index contributed by atoms with van der Waals surface area (Å²) >= 11 is 0. The topological polar surface area (TPSA) is 61.4 Å². The summed E-state index contributed by atoms with van der Waals surface area (Å²) in [6, 6.07) is 9.30. The summed E-state index contributed by atoms with van der Waals surface area (Å²) in [6.45, 7) is 3.47. The molecule has 2 amide bonds. The summed E-state index contributed by atoms with van der Waals surface area (Å²) in [6.07, 6.45) is 3.18. The van der Waals surface area contributed by atoms with Gasteiger partial charge < -0.3 is 0 Å². The number of carbonyl (C=O) groups is 2. The molecule has 2 aliphatic heterocycles. The highest BCUT2D eigenvalue weighted by atomic mass is 16.2. The number of amides is 2. The number of nitrogens with zero attached hydrogens (tertiary/aromatic N) is 1. The van der Waals surface area contributed by atoms with Crippen molar-refractivity contribution in [3.8, 4) is 0 Å². The van der Waals surface area contributed by atoms with Crippen LogP contribution in [0.2, 0.25) is 0 Å². The van der Waals surface area contributed by atoms with E-state index in [1.165, 1.54) is 18.1 Å². The number of hydrogen-bond donors (Lipinski definition) is 2. The first-order chi connectivity index (χ1) is 11.0. The first-order valence-electron chi connectivity index (χ1n) is 8.32. The van der Waals surface area contributed by atoms with E-state index in [1.54, 1.807) is 0 Å². The third-order valence-corrected chi connectivity index (χ3v) is 5.44. The minimum absolute atomic E-state index is 0.0806. The summed E-state index contributed by atoms with van der Waals surface area (Å²) in [5.74, 6) is -0.256. The van der Waals surface area contributed by atoms with Gasteiger partial charge in [-0.1, -0.05) is 29.8 Å². The summed E-state index contributed by atoms with van der Waals surface area (Å²) in [5.41, 5.74) is 7.49. The molecule has 4 unspecified atom stereocenters. The molecular weight excluding hydrogens is 290 g/mol. The van der Waals surface area contributed by atoms with Crippen molar-refractivity contribution in [2.75, 3.05) is 7.05 Å². The zero-order valence-electron chi connectivity index (χ0n) is 14.0. The number of fused-ring (bicyclic) bond motifs is 2. The first kappa shape index (κ1) is 16.0. The Morgan fingerprint density at radius 3 is 2.48 bits per heavy atom. The number of nitrogens with one attached hydrogen (secondary N) is 2. The number of piperidine rings is 1. The monoisotopic (exact) mass is 315 g/mol. The van der Waals surface area contributed by atoms with Crippen LogP contribution in [-0.4, -0.2) is 35.8 Å². The Balaban J connectivity index is 1.87. The fourth-order valence-corrected chi connectivity index (χ4v) is 4.21. The predicted octanol–water partition coefficient (Wildman–Crippen LogP) is 1.73. The van der Waals surface area contributed by atoms with Gasteiger partial charge in [0.25, 0.3) is 0 Å². The van der Waals surface area contributed by atoms with E-state index in [9.17, 15) is 9.59 Å². The van der Waals surface area contributed by atoms with Crippen LogP contribution in [0.1, 0.15) is 43.2 Å². The smallest absolute Gasteiger partial charge is 0.243 e. The molecule has 5 nitrogen and oxygen atoms in total. The lowest BCUT2D eigenvalue weighted by molar-refractivity contribution is -0.133. The summed E-state index contributed by atoms with van der Waals surface area (Å²) in [4.78, 5) is 26.2. The third kappa shape index (κ3) is 3.11. The molecular formula is C18H25N3O2. The Kier molecular flexibility index (Phi) is 4.39. The Morgan fingerprint density at radius 1 is 1.13 bits per heavy atom. The maximum Gasteiger partial charge on any atom is 0.243 e. The number of rotatable bonds is 2. The molecule has 1 aromatic rings. The molecule has 23 heavy (non-hydrogen) atoms. The summed E-state index contributed by atoms with van der Waals surface area (Å²) < 4.78 is 0. The van der Waals surface area contributed by atoms with Crippen LogP contribution in [-0.2, 0) is 9.59 Å². The molecule has 5 heteroatoms. The number of benzene rings is 1. The highest BCUT2D eigenvalue weighted by molar-refractivity contribution is 5.83. The molecule has 0 spiro atoms. The molecule has 2 fully saturated rings. The lowest BCUT2D eigenvalue weighted by Gasteiger charge is -2.42. The molecule has 4 atom stereocenters. The van der Waals surface area contributed by atoms with Gasteiger partial charge in [0, 0.05) is 19.0 Å². The van der Waals surface area contributed by atoms with Crippen molar-refractivity contribution in [1.29, 1.82) is 0 Å². The molecule has 2 aliphatic rings. The fraction of sp³-hybridized carbons (Fsp3) is 0.556. The maximum absolute atomic E-state index is 12.7. The molecule has 2 bridgehead atoms. The molecule has 0 radical (unpaired) electrons. The second-order valence-corrected chi connectivity index (χ2v) is 6.91. The highest BCUT2D eigenvalue weighted by Crippen LogP contribution is 2.46. The van der Waals surface area contributed by atoms with Crippen molar-refractivity contribution in [3.05, 3.63) is 35.4 Å². The Labute approximate surface area is 137 Å². The number of aryl methyl sites for hydroxylation is 1. The van der Waals surface area contributed by atoms with Gasteiger partial charge in [-0.05, 0) is 44.7 Å². The first-order valence-corrected chi connectivity index (χ1v) is 8.32. The standard InChI is InChI=1S/C18H25N3O2/c1-11-4-6-13(7-5-11)15-10-14-8-9-16(21(14)3)17(15)18(23)20-19-12(2)22/h4-7,14-17H,8-10H2,1-3H3,(H,19,22)(H,20,23). The molecule has 2 heterocycles. The normalized spacial score (nSPS) is 30.0. The predicted molar refractivity (Wildman–Crippen MR) is 88.6 cm³/mol. The SMILES string of the molecule is CC(=O)NNC(=O)C1C(c2ccc(C)cc2)CC2CCC1N2C. The molecule has 0 saturated carbocycles. The zero-order valence-corrected chi connectivity index (χ0v) is 14.0. The van der Waals surface area contributed by atoms with Crippen molar-refractivity contribution in [3.63, 3.8) is 0 Å². The quantitative estimate of drug-likeness (QED) is 0.817. The van der Waals surface area contributed by atoms with Crippen LogP contribution in [0.3, 0.4) is 0 Å². The van der Waals surface area contributed by atoms with Gasteiger partial charge in [0.15, 0.2) is 0 Å². The van der Waals surface area contributed by atoms with Crippen LogP contribution < -0.4 is 10.9 Å². The summed E-state index contributed by atoms with van der Waals surface area (Å²) in [7, 11) is 2.12. The van der Waals surface area contributed by atoms with Gasteiger partial charge in [-0.2, -0.15) is 0 Å². The van der Waals surface area contributed by atoms with Crippen LogP contribution >= 0.6 is 0 Å². The average Bonchev–Trinajstić information content (AvgIpc) is 2.76. The largest absolute Gasteiger partial charge is 0.300 e. The van der Waals surface area contributed by atoms with Crippen LogP contribution in [0.4, 0.5) is 0 Å². The van der Waals surface area contributed by atoms with Crippen LogP contribution in [0.5, 0.6) is 0 Å². The van der Waals surface area contributed by atoms with E-state index < -0.39 is 0 Å². The van der Waals surface area contributed by atoms with Gasteiger partial charge in [0.2, 0.25) is 11.8 Å². The van der Waals surface area contributed by atoms with Crippen molar-refractivity contribution in [2.45, 2.75) is 51.1 Å². The van der Waals surface area contributed by atoms with Crippen LogP contribution in [0.15, 0.2) is 24.3 Å². The maximum atomic E-state index is 12.7. The zero-order chi connectivity index (χ0) is 16.6. The minimum atomic E-state index is -0.251. The van der Waals surface area contributed by atoms with E-state index in [4.69, 9.17) is 0 Å². The molecule has 1 aromatic carbocycles. The molecule has 0 aliphatic carbocycles. The second-order valence-electron chi connectivity index (χ2n) is 6.91. The van der Waals surface area contributed by atoms with Crippen molar-refractivity contribution >= 4 is 11.8 Å². The van der Waals surface area contributed by atoms with Gasteiger partial charge in [-0.15, -0.1) is 0 Å².